The average Bonchev–Trinajstić information content (AvgIpc) is 2.96. The van der Waals surface area contributed by atoms with E-state index in [0.717, 1.165) is 18.0 Å². The second kappa shape index (κ2) is 4.90. The molecule has 4 nitrogen and oxygen atoms in total. The number of nitrogens with zero attached hydrogens (tertiary/aromatic N) is 2. The van der Waals surface area contributed by atoms with Gasteiger partial charge in [-0.2, -0.15) is 0 Å². The van der Waals surface area contributed by atoms with Gasteiger partial charge < -0.3 is 14.4 Å². The highest BCUT2D eigenvalue weighted by atomic mass is 16.5. The van der Waals surface area contributed by atoms with Crippen molar-refractivity contribution in [1.82, 2.24) is 15.0 Å². The molecule has 0 unspecified atom stereocenters. The summed E-state index contributed by atoms with van der Waals surface area (Å²) in [6.07, 6.45) is 2.17. The molecule has 1 aromatic carbocycles. The Morgan fingerprint density at radius 1 is 1.26 bits per heavy atom. The van der Waals surface area contributed by atoms with Gasteiger partial charge in [0, 0.05) is 36.8 Å². The molecule has 0 amide bonds. The van der Waals surface area contributed by atoms with E-state index in [1.165, 1.54) is 16.5 Å². The van der Waals surface area contributed by atoms with Crippen LogP contribution in [0, 0.1) is 6.92 Å². The lowest BCUT2D eigenvalue weighted by molar-refractivity contribution is 0.369. The summed E-state index contributed by atoms with van der Waals surface area (Å²) >= 11 is 0. The Labute approximate surface area is 112 Å². The fourth-order valence-corrected chi connectivity index (χ4v) is 2.39. The van der Waals surface area contributed by atoms with E-state index in [4.69, 9.17) is 4.52 Å². The fourth-order valence-electron chi connectivity index (χ4n) is 2.39. The van der Waals surface area contributed by atoms with Crippen molar-refractivity contribution >= 4 is 10.9 Å². The first-order chi connectivity index (χ1) is 9.24. The number of para-hydroxylation sites is 1. The molecule has 0 aliphatic carbocycles. The summed E-state index contributed by atoms with van der Waals surface area (Å²) in [5.41, 5.74) is 3.48. The van der Waals surface area contributed by atoms with Crippen molar-refractivity contribution in [2.24, 2.45) is 7.05 Å². The summed E-state index contributed by atoms with van der Waals surface area (Å²) in [6.45, 7) is 3.45. The highest BCUT2D eigenvalue weighted by Crippen LogP contribution is 2.20. The van der Waals surface area contributed by atoms with Crippen LogP contribution in [0.3, 0.4) is 0 Å². The van der Waals surface area contributed by atoms with Crippen LogP contribution in [0.5, 0.6) is 0 Å². The van der Waals surface area contributed by atoms with Crippen LogP contribution in [0.25, 0.3) is 10.9 Å². The molecular formula is C15H17N3O. The second-order valence-corrected chi connectivity index (χ2v) is 4.82. The van der Waals surface area contributed by atoms with E-state index < -0.39 is 0 Å². The number of rotatable bonds is 4. The first kappa shape index (κ1) is 12.0. The summed E-state index contributed by atoms with van der Waals surface area (Å²) in [4.78, 5) is 0. The smallest absolute Gasteiger partial charge is 0.150 e. The van der Waals surface area contributed by atoms with E-state index in [0.29, 0.717) is 6.54 Å². The maximum Gasteiger partial charge on any atom is 0.150 e. The lowest BCUT2D eigenvalue weighted by atomic mass is 10.2. The van der Waals surface area contributed by atoms with E-state index in [9.17, 15) is 0 Å². The minimum atomic E-state index is 0.698. The Bertz CT molecular complexity index is 696. The van der Waals surface area contributed by atoms with Gasteiger partial charge in [0.05, 0.1) is 12.2 Å². The van der Waals surface area contributed by atoms with Gasteiger partial charge in [-0.25, -0.2) is 0 Å². The molecule has 0 atom stereocenters. The Hall–Kier alpha value is -2.07. The largest absolute Gasteiger partial charge is 0.360 e. The van der Waals surface area contributed by atoms with Gasteiger partial charge in [-0.1, -0.05) is 23.4 Å². The van der Waals surface area contributed by atoms with Crippen LogP contribution < -0.4 is 5.32 Å². The van der Waals surface area contributed by atoms with Crippen molar-refractivity contribution in [1.29, 1.82) is 0 Å². The van der Waals surface area contributed by atoms with Gasteiger partial charge in [-0.3, -0.25) is 0 Å². The molecule has 0 aliphatic rings. The Morgan fingerprint density at radius 3 is 2.89 bits per heavy atom. The van der Waals surface area contributed by atoms with Gasteiger partial charge >= 0.3 is 0 Å². The predicted octanol–water partition coefficient (Wildman–Crippen LogP) is 2.76. The highest BCUT2D eigenvalue weighted by Gasteiger charge is 2.06. The number of hydrogen-bond acceptors (Lipinski definition) is 3. The molecule has 0 radical (unpaired) electrons. The van der Waals surface area contributed by atoms with Crippen LogP contribution in [0.1, 0.15) is 17.0 Å². The van der Waals surface area contributed by atoms with Crippen molar-refractivity contribution in [2.75, 3.05) is 0 Å². The molecule has 2 heterocycles. The second-order valence-electron chi connectivity index (χ2n) is 4.82. The van der Waals surface area contributed by atoms with Gasteiger partial charge in [0.2, 0.25) is 0 Å². The van der Waals surface area contributed by atoms with E-state index in [-0.39, 0.29) is 0 Å². The number of nitrogens with one attached hydrogen (secondary N) is 1. The lowest BCUT2D eigenvalue weighted by Crippen LogP contribution is -2.11. The lowest BCUT2D eigenvalue weighted by Gasteiger charge is -2.00. The number of aryl methyl sites for hydroxylation is 2. The third kappa shape index (κ3) is 2.39. The zero-order valence-electron chi connectivity index (χ0n) is 11.2. The number of aromatic nitrogens is 2. The van der Waals surface area contributed by atoms with E-state index in [2.05, 4.69) is 52.6 Å². The minimum Gasteiger partial charge on any atom is -0.360 e. The zero-order valence-corrected chi connectivity index (χ0v) is 11.2. The van der Waals surface area contributed by atoms with Gasteiger partial charge in [0.1, 0.15) is 0 Å². The highest BCUT2D eigenvalue weighted by molar-refractivity contribution is 5.83. The molecule has 3 rings (SSSR count). The number of hydrogen-bond donors (Lipinski definition) is 1. The van der Waals surface area contributed by atoms with Gasteiger partial charge in [-0.15, -0.1) is 0 Å². The summed E-state index contributed by atoms with van der Waals surface area (Å²) in [5, 5.41) is 8.56. The maximum absolute atomic E-state index is 5.18. The Morgan fingerprint density at radius 2 is 2.11 bits per heavy atom. The molecule has 19 heavy (non-hydrogen) atoms. The van der Waals surface area contributed by atoms with Crippen molar-refractivity contribution in [2.45, 2.75) is 20.0 Å². The minimum absolute atomic E-state index is 0.698. The zero-order chi connectivity index (χ0) is 13.2. The molecule has 0 saturated carbocycles. The fraction of sp³-hybridized carbons (Fsp3) is 0.267. The molecule has 0 saturated heterocycles. The molecule has 2 aromatic heterocycles. The molecule has 4 heteroatoms. The summed E-state index contributed by atoms with van der Waals surface area (Å²) in [6, 6.07) is 10.4. The monoisotopic (exact) mass is 255 g/mol. The Balaban J connectivity index is 1.72. The molecule has 1 N–H and O–H groups in total. The maximum atomic E-state index is 5.18. The van der Waals surface area contributed by atoms with Crippen LogP contribution in [0.4, 0.5) is 0 Å². The standard InChI is InChI=1S/C15H17N3O/c1-11-7-13(19-17-11)9-16-8-12-10-18(2)15-6-4-3-5-14(12)15/h3-7,10,16H,8-9H2,1-2H3. The van der Waals surface area contributed by atoms with Crippen LogP contribution in [0.2, 0.25) is 0 Å². The van der Waals surface area contributed by atoms with Gasteiger partial charge in [0.25, 0.3) is 0 Å². The average molecular weight is 255 g/mol. The van der Waals surface area contributed by atoms with Crippen LogP contribution >= 0.6 is 0 Å². The molecule has 98 valence electrons. The number of fused-ring (bicyclic) bond motifs is 1. The van der Waals surface area contributed by atoms with Crippen LogP contribution in [-0.2, 0) is 20.1 Å². The first-order valence-corrected chi connectivity index (χ1v) is 6.40. The summed E-state index contributed by atoms with van der Waals surface area (Å²) in [5.74, 6) is 0.873. The molecule has 0 bridgehead atoms. The molecule has 3 aromatic rings. The van der Waals surface area contributed by atoms with Crippen LogP contribution in [0.15, 0.2) is 41.1 Å². The van der Waals surface area contributed by atoms with Crippen molar-refractivity contribution in [3.8, 4) is 0 Å². The molecule has 0 fully saturated rings. The first-order valence-electron chi connectivity index (χ1n) is 6.40. The van der Waals surface area contributed by atoms with Crippen molar-refractivity contribution in [3.63, 3.8) is 0 Å². The molecule has 0 spiro atoms. The topological polar surface area (TPSA) is 43.0 Å². The predicted molar refractivity (Wildman–Crippen MR) is 74.7 cm³/mol. The quantitative estimate of drug-likeness (QED) is 0.779. The molecule has 0 aliphatic heterocycles. The van der Waals surface area contributed by atoms with Gasteiger partial charge in [-0.05, 0) is 18.6 Å². The summed E-state index contributed by atoms with van der Waals surface area (Å²) in [7, 11) is 2.08. The normalized spacial score (nSPS) is 11.3. The van der Waals surface area contributed by atoms with Gasteiger partial charge in [0.15, 0.2) is 5.76 Å². The Kier molecular flexibility index (Phi) is 3.09. The van der Waals surface area contributed by atoms with E-state index in [1.54, 1.807) is 0 Å². The number of benzene rings is 1. The van der Waals surface area contributed by atoms with E-state index >= 15 is 0 Å². The van der Waals surface area contributed by atoms with Crippen LogP contribution in [-0.4, -0.2) is 9.72 Å². The van der Waals surface area contributed by atoms with Crippen molar-refractivity contribution in [3.05, 3.63) is 53.5 Å². The van der Waals surface area contributed by atoms with E-state index in [1.807, 2.05) is 13.0 Å². The summed E-state index contributed by atoms with van der Waals surface area (Å²) < 4.78 is 7.33. The SMILES string of the molecule is Cc1cc(CNCc2cn(C)c3ccccc23)on1. The van der Waals surface area contributed by atoms with Crippen molar-refractivity contribution < 1.29 is 4.52 Å². The third-order valence-corrected chi connectivity index (χ3v) is 3.27. The third-order valence-electron chi connectivity index (χ3n) is 3.27. The molecular weight excluding hydrogens is 238 g/mol.